The summed E-state index contributed by atoms with van der Waals surface area (Å²) >= 11 is 0. The minimum atomic E-state index is -0.0850. The van der Waals surface area contributed by atoms with Crippen molar-refractivity contribution in [2.24, 2.45) is 0 Å². The molecule has 4 heterocycles. The summed E-state index contributed by atoms with van der Waals surface area (Å²) in [5.41, 5.74) is 3.51. The van der Waals surface area contributed by atoms with Gasteiger partial charge in [-0.2, -0.15) is 0 Å². The van der Waals surface area contributed by atoms with Crippen LogP contribution in [-0.4, -0.2) is 29.9 Å². The van der Waals surface area contributed by atoms with E-state index in [4.69, 9.17) is 4.98 Å². The second kappa shape index (κ2) is 4.81. The molecule has 6 nitrogen and oxygen atoms in total. The smallest absolute Gasteiger partial charge is 0.157 e. The highest BCUT2D eigenvalue weighted by atomic mass is 15.2. The first-order chi connectivity index (χ1) is 11.0. The van der Waals surface area contributed by atoms with Gasteiger partial charge in [-0.1, -0.05) is 0 Å². The molecule has 0 atom stereocenters. The summed E-state index contributed by atoms with van der Waals surface area (Å²) in [4.78, 5) is 16.5. The number of imidazole rings is 1. The summed E-state index contributed by atoms with van der Waals surface area (Å²) < 4.78 is 2.03. The molecule has 6 heteroatoms. The normalized spacial score (nSPS) is 12.1. The molecule has 0 aliphatic rings. The van der Waals surface area contributed by atoms with Gasteiger partial charge in [-0.05, 0) is 32.9 Å². The van der Waals surface area contributed by atoms with Crippen LogP contribution in [0.3, 0.4) is 0 Å². The molecule has 116 valence electrons. The molecule has 0 bridgehead atoms. The summed E-state index contributed by atoms with van der Waals surface area (Å²) in [7, 11) is 0. The Labute approximate surface area is 133 Å². The molecule has 4 aromatic heterocycles. The number of hydrogen-bond donors (Lipinski definition) is 2. The molecule has 0 unspecified atom stereocenters. The maximum Gasteiger partial charge on any atom is 0.157 e. The molecule has 0 spiro atoms. The van der Waals surface area contributed by atoms with E-state index in [-0.39, 0.29) is 5.54 Å². The molecule has 23 heavy (non-hydrogen) atoms. The first kappa shape index (κ1) is 13.8. The monoisotopic (exact) mass is 306 g/mol. The zero-order valence-corrected chi connectivity index (χ0v) is 13.3. The first-order valence-electron chi connectivity index (χ1n) is 7.56. The Bertz CT molecular complexity index is 989. The highest BCUT2D eigenvalue weighted by Gasteiger charge is 2.21. The average molecular weight is 306 g/mol. The fraction of sp³-hybridized carbons (Fsp3) is 0.235. The van der Waals surface area contributed by atoms with Crippen LogP contribution in [0.2, 0.25) is 0 Å². The standard InChI is InChI=1S/C17H18N6/c1-17(2,3)22-16-14(21-13-10-18-7-8-23(13)16)12-9-20-15-11(12)5-4-6-19-15/h4-10,22H,1-3H3,(H,19,20). The lowest BCUT2D eigenvalue weighted by molar-refractivity contribution is 0.629. The number of anilines is 1. The molecular weight excluding hydrogens is 288 g/mol. The van der Waals surface area contributed by atoms with Crippen molar-refractivity contribution >= 4 is 22.5 Å². The van der Waals surface area contributed by atoms with Gasteiger partial charge >= 0.3 is 0 Å². The van der Waals surface area contributed by atoms with Crippen LogP contribution < -0.4 is 5.32 Å². The first-order valence-corrected chi connectivity index (χ1v) is 7.56. The number of fused-ring (bicyclic) bond motifs is 2. The lowest BCUT2D eigenvalue weighted by atomic mass is 10.1. The van der Waals surface area contributed by atoms with E-state index in [1.807, 2.05) is 22.9 Å². The lowest BCUT2D eigenvalue weighted by Crippen LogP contribution is -2.27. The Morgan fingerprint density at radius 3 is 2.91 bits per heavy atom. The maximum absolute atomic E-state index is 4.78. The molecule has 0 amide bonds. The molecule has 0 aliphatic carbocycles. The minimum Gasteiger partial charge on any atom is -0.365 e. The third-order valence-corrected chi connectivity index (χ3v) is 3.63. The van der Waals surface area contributed by atoms with Gasteiger partial charge in [0.1, 0.15) is 17.2 Å². The number of nitrogens with zero attached hydrogens (tertiary/aromatic N) is 4. The molecule has 0 saturated carbocycles. The van der Waals surface area contributed by atoms with Crippen LogP contribution in [0.4, 0.5) is 5.82 Å². The SMILES string of the molecule is CC(C)(C)Nc1c(-c2c[nH]c3ncccc23)nc2cnccn12. The van der Waals surface area contributed by atoms with Crippen molar-refractivity contribution in [3.8, 4) is 11.3 Å². The van der Waals surface area contributed by atoms with E-state index in [1.165, 1.54) is 0 Å². The molecule has 0 aromatic carbocycles. The van der Waals surface area contributed by atoms with E-state index in [1.54, 1.807) is 18.6 Å². The summed E-state index contributed by atoms with van der Waals surface area (Å²) in [5.74, 6) is 0.958. The van der Waals surface area contributed by atoms with E-state index in [9.17, 15) is 0 Å². The molecule has 4 rings (SSSR count). The van der Waals surface area contributed by atoms with Gasteiger partial charge in [-0.3, -0.25) is 9.38 Å². The fourth-order valence-electron chi connectivity index (χ4n) is 2.72. The van der Waals surface area contributed by atoms with Crippen molar-refractivity contribution in [3.63, 3.8) is 0 Å². The molecule has 0 saturated heterocycles. The predicted molar refractivity (Wildman–Crippen MR) is 91.5 cm³/mol. The van der Waals surface area contributed by atoms with Gasteiger partial charge in [-0.25, -0.2) is 9.97 Å². The van der Waals surface area contributed by atoms with Gasteiger partial charge in [-0.15, -0.1) is 0 Å². The zero-order valence-electron chi connectivity index (χ0n) is 13.3. The number of H-pyrrole nitrogens is 1. The summed E-state index contributed by atoms with van der Waals surface area (Å²) in [6, 6.07) is 3.99. The van der Waals surface area contributed by atoms with Crippen LogP contribution in [0, 0.1) is 0 Å². The Hall–Kier alpha value is -2.89. The lowest BCUT2D eigenvalue weighted by Gasteiger charge is -2.22. The number of nitrogens with one attached hydrogen (secondary N) is 2. The molecule has 2 N–H and O–H groups in total. The van der Waals surface area contributed by atoms with Crippen molar-refractivity contribution in [3.05, 3.63) is 43.1 Å². The van der Waals surface area contributed by atoms with Crippen molar-refractivity contribution in [1.29, 1.82) is 0 Å². The Morgan fingerprint density at radius 1 is 1.22 bits per heavy atom. The van der Waals surface area contributed by atoms with Gasteiger partial charge in [0.15, 0.2) is 5.65 Å². The fourth-order valence-corrected chi connectivity index (χ4v) is 2.72. The van der Waals surface area contributed by atoms with Crippen LogP contribution in [0.1, 0.15) is 20.8 Å². The number of rotatable bonds is 2. The van der Waals surface area contributed by atoms with Crippen LogP contribution in [0.25, 0.3) is 27.9 Å². The van der Waals surface area contributed by atoms with Gasteiger partial charge in [0.05, 0.1) is 6.20 Å². The molecule has 0 fully saturated rings. The largest absolute Gasteiger partial charge is 0.365 e. The van der Waals surface area contributed by atoms with E-state index >= 15 is 0 Å². The van der Waals surface area contributed by atoms with Crippen molar-refractivity contribution in [1.82, 2.24) is 24.3 Å². The third kappa shape index (κ3) is 2.32. The zero-order chi connectivity index (χ0) is 16.0. The van der Waals surface area contributed by atoms with Crippen molar-refractivity contribution in [2.45, 2.75) is 26.3 Å². The van der Waals surface area contributed by atoms with E-state index in [0.29, 0.717) is 0 Å². The van der Waals surface area contributed by atoms with E-state index in [0.717, 1.165) is 33.8 Å². The highest BCUT2D eigenvalue weighted by molar-refractivity contribution is 5.96. The van der Waals surface area contributed by atoms with Crippen LogP contribution >= 0.6 is 0 Å². The van der Waals surface area contributed by atoms with Gasteiger partial charge < -0.3 is 10.3 Å². The second-order valence-electron chi connectivity index (χ2n) is 6.59. The Morgan fingerprint density at radius 2 is 2.09 bits per heavy atom. The van der Waals surface area contributed by atoms with Gasteiger partial charge in [0.25, 0.3) is 0 Å². The maximum atomic E-state index is 4.78. The van der Waals surface area contributed by atoms with Crippen molar-refractivity contribution < 1.29 is 0 Å². The number of aromatic amines is 1. The van der Waals surface area contributed by atoms with Gasteiger partial charge in [0.2, 0.25) is 0 Å². The molecular formula is C17H18N6. The van der Waals surface area contributed by atoms with E-state index in [2.05, 4.69) is 47.1 Å². The predicted octanol–water partition coefficient (Wildman–Crippen LogP) is 3.48. The second-order valence-corrected chi connectivity index (χ2v) is 6.59. The number of pyridine rings is 1. The summed E-state index contributed by atoms with van der Waals surface area (Å²) in [5, 5.41) is 4.62. The summed E-state index contributed by atoms with van der Waals surface area (Å²) in [6.07, 6.45) is 9.20. The number of hydrogen-bond acceptors (Lipinski definition) is 4. The summed E-state index contributed by atoms with van der Waals surface area (Å²) in [6.45, 7) is 6.40. The highest BCUT2D eigenvalue weighted by Crippen LogP contribution is 2.34. The Kier molecular flexibility index (Phi) is 2.87. The van der Waals surface area contributed by atoms with E-state index < -0.39 is 0 Å². The average Bonchev–Trinajstić information content (AvgIpc) is 3.08. The topological polar surface area (TPSA) is 70.9 Å². The third-order valence-electron chi connectivity index (χ3n) is 3.63. The quantitative estimate of drug-likeness (QED) is 0.595. The molecule has 0 aliphatic heterocycles. The molecule has 0 radical (unpaired) electrons. The number of aromatic nitrogens is 5. The Balaban J connectivity index is 2.01. The molecule has 4 aromatic rings. The van der Waals surface area contributed by atoms with Crippen LogP contribution in [0.15, 0.2) is 43.1 Å². The van der Waals surface area contributed by atoms with Crippen LogP contribution in [-0.2, 0) is 0 Å². The van der Waals surface area contributed by atoms with Gasteiger partial charge in [0, 0.05) is 41.3 Å². The minimum absolute atomic E-state index is 0.0850. The van der Waals surface area contributed by atoms with Crippen molar-refractivity contribution in [2.75, 3.05) is 5.32 Å². The van der Waals surface area contributed by atoms with Crippen LogP contribution in [0.5, 0.6) is 0 Å².